The summed E-state index contributed by atoms with van der Waals surface area (Å²) in [5.41, 5.74) is 3.58. The number of imidazole rings is 1. The topological polar surface area (TPSA) is 65.4 Å². The Kier molecular flexibility index (Phi) is 7.63. The highest BCUT2D eigenvalue weighted by Gasteiger charge is 2.27. The Labute approximate surface area is 203 Å². The number of halogens is 1. The molecule has 1 amide bonds. The lowest BCUT2D eigenvalue weighted by Gasteiger charge is -2.19. The fourth-order valence-electron chi connectivity index (χ4n) is 3.88. The molecule has 8 heteroatoms. The van der Waals surface area contributed by atoms with Crippen LogP contribution in [0.15, 0.2) is 53.7 Å². The smallest absolute Gasteiger partial charge is 0.242 e. The number of carbonyl (C=O) groups is 1. The summed E-state index contributed by atoms with van der Waals surface area (Å²) >= 11 is 7.71. The van der Waals surface area contributed by atoms with Crippen molar-refractivity contribution < 1.29 is 14.3 Å². The van der Waals surface area contributed by atoms with Crippen LogP contribution in [0.5, 0.6) is 5.75 Å². The number of thioether (sulfide) groups is 1. The summed E-state index contributed by atoms with van der Waals surface area (Å²) in [6, 6.07) is 15.0. The molecule has 1 aliphatic heterocycles. The van der Waals surface area contributed by atoms with E-state index in [1.54, 1.807) is 25.3 Å². The Morgan fingerprint density at radius 3 is 2.76 bits per heavy atom. The molecule has 0 bridgehead atoms. The molecule has 3 aromatic rings. The molecule has 0 spiro atoms. The highest BCUT2D eigenvalue weighted by atomic mass is 35.5. The third-order valence-corrected chi connectivity index (χ3v) is 7.36. The van der Waals surface area contributed by atoms with Crippen LogP contribution in [0, 0.1) is 13.8 Å². The number of hydrogen-bond acceptors (Lipinski definition) is 5. The molecule has 33 heavy (non-hydrogen) atoms. The van der Waals surface area contributed by atoms with Gasteiger partial charge in [0.25, 0.3) is 0 Å². The van der Waals surface area contributed by atoms with Gasteiger partial charge in [-0.05, 0) is 50.5 Å². The third kappa shape index (κ3) is 5.54. The normalized spacial score (nSPS) is 16.5. The quantitative estimate of drug-likeness (QED) is 0.408. The monoisotopic (exact) mass is 485 g/mol. The molecule has 0 aliphatic carbocycles. The van der Waals surface area contributed by atoms with Crippen molar-refractivity contribution in [2.24, 2.45) is 0 Å². The maximum Gasteiger partial charge on any atom is 0.242 e. The Balaban J connectivity index is 1.61. The van der Waals surface area contributed by atoms with Crippen LogP contribution in [-0.4, -0.2) is 35.3 Å². The Hall–Kier alpha value is -2.48. The molecule has 2 heterocycles. The summed E-state index contributed by atoms with van der Waals surface area (Å²) in [6.45, 7) is 5.62. The lowest BCUT2D eigenvalue weighted by molar-refractivity contribution is -0.115. The van der Waals surface area contributed by atoms with Crippen molar-refractivity contribution in [1.29, 1.82) is 0 Å². The van der Waals surface area contributed by atoms with E-state index in [0.29, 0.717) is 16.5 Å². The van der Waals surface area contributed by atoms with Gasteiger partial charge in [-0.15, -0.1) is 0 Å². The molecule has 1 aliphatic rings. The molecule has 2 aromatic carbocycles. The maximum atomic E-state index is 13.5. The molecule has 6 nitrogen and oxygen atoms in total. The van der Waals surface area contributed by atoms with E-state index in [1.165, 1.54) is 11.8 Å². The average Bonchev–Trinajstić information content (AvgIpc) is 3.42. The van der Waals surface area contributed by atoms with Gasteiger partial charge in [0.15, 0.2) is 5.16 Å². The van der Waals surface area contributed by atoms with Crippen molar-refractivity contribution >= 4 is 35.0 Å². The van der Waals surface area contributed by atoms with Gasteiger partial charge < -0.3 is 19.4 Å². The fourth-order valence-corrected chi connectivity index (χ4v) is 5.33. The van der Waals surface area contributed by atoms with Gasteiger partial charge in [0.1, 0.15) is 11.0 Å². The molecule has 2 atom stereocenters. The standard InChI is InChI=1S/C25H28ClN3O3S/c1-16-17(2)29(15-20-10-7-13-32-20)25(27-16)33-23(18-8-5-4-6-9-18)24(30)28-19-11-12-22(31-3)21(26)14-19/h4-6,8-9,11-12,14,20,23H,7,10,13,15H2,1-3H3,(H,28,30)/t20-,23+/m0/s1. The number of nitrogens with one attached hydrogen (secondary N) is 1. The minimum Gasteiger partial charge on any atom is -0.495 e. The van der Waals surface area contributed by atoms with Crippen molar-refractivity contribution in [2.45, 2.75) is 49.7 Å². The van der Waals surface area contributed by atoms with Crippen molar-refractivity contribution in [1.82, 2.24) is 9.55 Å². The molecule has 0 unspecified atom stereocenters. The van der Waals surface area contributed by atoms with E-state index in [0.717, 1.165) is 48.1 Å². The number of methoxy groups -OCH3 is 1. The van der Waals surface area contributed by atoms with Crippen LogP contribution < -0.4 is 10.1 Å². The van der Waals surface area contributed by atoms with E-state index in [9.17, 15) is 4.79 Å². The lowest BCUT2D eigenvalue weighted by Crippen LogP contribution is -2.21. The molecule has 1 saturated heterocycles. The highest BCUT2D eigenvalue weighted by Crippen LogP contribution is 2.37. The van der Waals surface area contributed by atoms with Crippen molar-refractivity contribution in [3.63, 3.8) is 0 Å². The van der Waals surface area contributed by atoms with E-state index >= 15 is 0 Å². The molecule has 4 rings (SSSR count). The average molecular weight is 486 g/mol. The van der Waals surface area contributed by atoms with Crippen LogP contribution in [0.1, 0.15) is 35.0 Å². The van der Waals surface area contributed by atoms with Gasteiger partial charge in [-0.2, -0.15) is 0 Å². The molecule has 1 fully saturated rings. The number of anilines is 1. The summed E-state index contributed by atoms with van der Waals surface area (Å²) in [7, 11) is 1.56. The number of hydrogen-bond donors (Lipinski definition) is 1. The Bertz CT molecular complexity index is 1110. The van der Waals surface area contributed by atoms with Gasteiger partial charge in [-0.1, -0.05) is 53.7 Å². The number of carbonyl (C=O) groups excluding carboxylic acids is 1. The van der Waals surface area contributed by atoms with E-state index < -0.39 is 5.25 Å². The second-order valence-electron chi connectivity index (χ2n) is 8.06. The summed E-state index contributed by atoms with van der Waals surface area (Å²) in [5.74, 6) is 0.417. The first-order chi connectivity index (χ1) is 16.0. The maximum absolute atomic E-state index is 13.5. The summed E-state index contributed by atoms with van der Waals surface area (Å²) in [5, 5.41) is 3.78. The molecular weight excluding hydrogens is 458 g/mol. The lowest BCUT2D eigenvalue weighted by atomic mass is 10.1. The SMILES string of the molecule is COc1ccc(NC(=O)[C@H](Sc2nc(C)c(C)n2C[C@@H]2CCCO2)c2ccccc2)cc1Cl. The van der Waals surface area contributed by atoms with Crippen LogP contribution in [0.2, 0.25) is 5.02 Å². The number of benzene rings is 2. The molecule has 174 valence electrons. The summed E-state index contributed by atoms with van der Waals surface area (Å²) < 4.78 is 13.3. The molecular formula is C25H28ClN3O3S. The number of rotatable bonds is 8. The van der Waals surface area contributed by atoms with E-state index in [1.807, 2.05) is 37.3 Å². The van der Waals surface area contributed by atoms with Gasteiger partial charge in [-0.3, -0.25) is 4.79 Å². The number of ether oxygens (including phenoxy) is 2. The van der Waals surface area contributed by atoms with Crippen LogP contribution >= 0.6 is 23.4 Å². The van der Waals surface area contributed by atoms with E-state index in [2.05, 4.69) is 16.8 Å². The zero-order valence-corrected chi connectivity index (χ0v) is 20.6. The number of nitrogens with zero attached hydrogens (tertiary/aromatic N) is 2. The number of amides is 1. The number of aryl methyl sites for hydroxylation is 1. The first kappa shape index (κ1) is 23.7. The van der Waals surface area contributed by atoms with Crippen LogP contribution in [0.3, 0.4) is 0 Å². The molecule has 1 N–H and O–H groups in total. The molecule has 1 aromatic heterocycles. The van der Waals surface area contributed by atoms with Crippen LogP contribution in [-0.2, 0) is 16.1 Å². The predicted molar refractivity (Wildman–Crippen MR) is 132 cm³/mol. The zero-order chi connectivity index (χ0) is 23.4. The minimum atomic E-state index is -0.489. The second-order valence-corrected chi connectivity index (χ2v) is 9.54. The summed E-state index contributed by atoms with van der Waals surface area (Å²) in [6.07, 6.45) is 2.31. The van der Waals surface area contributed by atoms with Crippen LogP contribution in [0.25, 0.3) is 0 Å². The number of aromatic nitrogens is 2. The van der Waals surface area contributed by atoms with Gasteiger partial charge in [0.2, 0.25) is 5.91 Å². The third-order valence-electron chi connectivity index (χ3n) is 5.82. The zero-order valence-electron chi connectivity index (χ0n) is 19.0. The van der Waals surface area contributed by atoms with Crippen molar-refractivity contribution in [3.05, 3.63) is 70.5 Å². The van der Waals surface area contributed by atoms with Gasteiger partial charge >= 0.3 is 0 Å². The van der Waals surface area contributed by atoms with Gasteiger partial charge in [-0.25, -0.2) is 4.98 Å². The van der Waals surface area contributed by atoms with Crippen molar-refractivity contribution in [3.8, 4) is 5.75 Å². The van der Waals surface area contributed by atoms with Gasteiger partial charge in [0, 0.05) is 18.0 Å². The Morgan fingerprint density at radius 2 is 2.09 bits per heavy atom. The first-order valence-electron chi connectivity index (χ1n) is 11.0. The molecule has 0 radical (unpaired) electrons. The van der Waals surface area contributed by atoms with Crippen LogP contribution in [0.4, 0.5) is 5.69 Å². The second kappa shape index (κ2) is 10.6. The summed E-state index contributed by atoms with van der Waals surface area (Å²) in [4.78, 5) is 18.3. The van der Waals surface area contributed by atoms with E-state index in [4.69, 9.17) is 26.1 Å². The minimum absolute atomic E-state index is 0.144. The molecule has 0 saturated carbocycles. The highest BCUT2D eigenvalue weighted by molar-refractivity contribution is 8.00. The first-order valence-corrected chi connectivity index (χ1v) is 12.2. The predicted octanol–water partition coefficient (Wildman–Crippen LogP) is 5.81. The fraction of sp³-hybridized carbons (Fsp3) is 0.360. The van der Waals surface area contributed by atoms with E-state index in [-0.39, 0.29) is 12.0 Å². The van der Waals surface area contributed by atoms with Crippen molar-refractivity contribution in [2.75, 3.05) is 19.0 Å². The Morgan fingerprint density at radius 1 is 1.30 bits per heavy atom. The van der Waals surface area contributed by atoms with Gasteiger partial charge in [0.05, 0.1) is 30.5 Å². The largest absolute Gasteiger partial charge is 0.495 e.